The van der Waals surface area contributed by atoms with E-state index in [-0.39, 0.29) is 83.4 Å². The number of hydrogen-bond acceptors (Lipinski definition) is 11. The number of phenols is 2. The molecule has 5 rings (SSSR count). The molecule has 12 heteroatoms. The number of carbonyl (C=O) groups is 5. The second-order valence-electron chi connectivity index (χ2n) is 14.7. The molecule has 49 heavy (non-hydrogen) atoms. The molecular formula is C37H45NO11. The normalized spacial score (nSPS) is 26.3. The highest BCUT2D eigenvalue weighted by Crippen LogP contribution is 2.53. The summed E-state index contributed by atoms with van der Waals surface area (Å²) in [5.74, 6) is -4.72. The average Bonchev–Trinajstić information content (AvgIpc) is 3.04. The summed E-state index contributed by atoms with van der Waals surface area (Å²) in [5.41, 5.74) is -3.62. The van der Waals surface area contributed by atoms with E-state index in [1.807, 2.05) is 13.8 Å². The number of amides is 1. The molecule has 3 aliphatic rings. The second-order valence-corrected chi connectivity index (χ2v) is 14.7. The van der Waals surface area contributed by atoms with Gasteiger partial charge in [-0.3, -0.25) is 24.0 Å². The van der Waals surface area contributed by atoms with Crippen LogP contribution in [0.3, 0.4) is 0 Å². The van der Waals surface area contributed by atoms with Crippen LogP contribution in [0.5, 0.6) is 17.2 Å². The molecular weight excluding hydrogens is 634 g/mol. The molecule has 264 valence electrons. The summed E-state index contributed by atoms with van der Waals surface area (Å²) < 4.78 is 11.7. The number of benzene rings is 2. The van der Waals surface area contributed by atoms with Crippen LogP contribution in [0.2, 0.25) is 0 Å². The predicted molar refractivity (Wildman–Crippen MR) is 176 cm³/mol. The van der Waals surface area contributed by atoms with Crippen molar-refractivity contribution in [1.29, 1.82) is 0 Å². The van der Waals surface area contributed by atoms with Crippen molar-refractivity contribution in [3.63, 3.8) is 0 Å². The molecule has 1 saturated heterocycles. The molecule has 12 nitrogen and oxygen atoms in total. The van der Waals surface area contributed by atoms with Gasteiger partial charge in [-0.2, -0.15) is 0 Å². The monoisotopic (exact) mass is 679 g/mol. The minimum atomic E-state index is -2.16. The highest BCUT2D eigenvalue weighted by Gasteiger charge is 2.49. The highest BCUT2D eigenvalue weighted by molar-refractivity contribution is 6.31. The van der Waals surface area contributed by atoms with E-state index >= 15 is 0 Å². The van der Waals surface area contributed by atoms with Gasteiger partial charge in [0.1, 0.15) is 35.2 Å². The van der Waals surface area contributed by atoms with Crippen LogP contribution in [0.4, 0.5) is 0 Å². The quantitative estimate of drug-likeness (QED) is 0.208. The number of aliphatic hydroxyl groups is 2. The topological polar surface area (TPSA) is 197 Å². The summed E-state index contributed by atoms with van der Waals surface area (Å²) in [7, 11) is 1.34. The number of fused-ring (bicyclic) bond motifs is 3. The molecule has 1 amide bonds. The summed E-state index contributed by atoms with van der Waals surface area (Å²) in [6.07, 6.45) is -1.15. The van der Waals surface area contributed by atoms with Gasteiger partial charge in [-0.05, 0) is 38.2 Å². The van der Waals surface area contributed by atoms with Crippen molar-refractivity contribution < 1.29 is 53.9 Å². The molecule has 1 aliphatic heterocycles. The van der Waals surface area contributed by atoms with Gasteiger partial charge in [-0.25, -0.2) is 0 Å². The summed E-state index contributed by atoms with van der Waals surface area (Å²) in [4.78, 5) is 65.9. The van der Waals surface area contributed by atoms with E-state index < -0.39 is 76.0 Å². The fraction of sp³-hybridized carbons (Fsp3) is 0.541. The molecule has 5 N–H and O–H groups in total. The van der Waals surface area contributed by atoms with Crippen molar-refractivity contribution in [2.75, 3.05) is 13.7 Å². The Morgan fingerprint density at radius 3 is 2.33 bits per heavy atom. The van der Waals surface area contributed by atoms with Gasteiger partial charge in [0.25, 0.3) is 0 Å². The van der Waals surface area contributed by atoms with Gasteiger partial charge in [0.05, 0.1) is 36.0 Å². The minimum Gasteiger partial charge on any atom is -0.507 e. The number of aliphatic hydroxyl groups excluding tert-OH is 1. The molecule has 0 spiro atoms. The van der Waals surface area contributed by atoms with Gasteiger partial charge in [-0.15, -0.1) is 0 Å². The van der Waals surface area contributed by atoms with Gasteiger partial charge in [0.2, 0.25) is 11.7 Å². The van der Waals surface area contributed by atoms with E-state index in [0.717, 1.165) is 0 Å². The van der Waals surface area contributed by atoms with Crippen LogP contribution in [0.15, 0.2) is 18.2 Å². The Morgan fingerprint density at radius 1 is 1.02 bits per heavy atom. The Hall–Kier alpha value is -4.13. The minimum absolute atomic E-state index is 0.0258. The van der Waals surface area contributed by atoms with Crippen molar-refractivity contribution in [3.8, 4) is 17.2 Å². The third kappa shape index (κ3) is 6.49. The van der Waals surface area contributed by atoms with E-state index in [9.17, 15) is 44.4 Å². The molecule has 0 saturated carbocycles. The number of rotatable bonds is 9. The largest absolute Gasteiger partial charge is 0.507 e. The number of ketones is 4. The van der Waals surface area contributed by atoms with Gasteiger partial charge in [-0.1, -0.05) is 39.8 Å². The number of ether oxygens (including phenoxy) is 2. The number of methoxy groups -OCH3 is 1. The van der Waals surface area contributed by atoms with Gasteiger partial charge >= 0.3 is 0 Å². The molecule has 1 unspecified atom stereocenters. The highest BCUT2D eigenvalue weighted by atomic mass is 16.5. The van der Waals surface area contributed by atoms with Crippen LogP contribution in [-0.2, 0) is 25.5 Å². The van der Waals surface area contributed by atoms with Crippen molar-refractivity contribution in [3.05, 3.63) is 51.6 Å². The van der Waals surface area contributed by atoms with Crippen LogP contribution in [0.1, 0.15) is 116 Å². The standard InChI is InChI=1S/C37H45NO11/c1-17-18(2)49-20(13-23(17)38-27(42)11-10-25(40)36(3,4)5)12-19-14-37(47,26(41)16-39)15-22-28(19)34(45)31-30(33(22)44)32(43)21-8-7-9-24(48-6)29(21)35(31)46/h7-9,17-20,23,39,44-45,47H,10-16H2,1-6H3,(H,38,42)/t17-,18+,19+,20?,23+,37-/m1/s1. The zero-order chi connectivity index (χ0) is 36.2. The fourth-order valence-corrected chi connectivity index (χ4v) is 7.52. The van der Waals surface area contributed by atoms with E-state index in [4.69, 9.17) is 9.47 Å². The lowest BCUT2D eigenvalue weighted by Gasteiger charge is -2.43. The van der Waals surface area contributed by atoms with Gasteiger partial charge < -0.3 is 35.2 Å². The predicted octanol–water partition coefficient (Wildman–Crippen LogP) is 3.29. The molecule has 1 fully saturated rings. The van der Waals surface area contributed by atoms with Crippen LogP contribution in [0.25, 0.3) is 0 Å². The first kappa shape index (κ1) is 36.2. The first-order valence-corrected chi connectivity index (χ1v) is 16.6. The molecule has 2 aromatic rings. The smallest absolute Gasteiger partial charge is 0.220 e. The lowest BCUT2D eigenvalue weighted by molar-refractivity contribution is -0.143. The van der Waals surface area contributed by atoms with Crippen LogP contribution < -0.4 is 10.1 Å². The maximum Gasteiger partial charge on any atom is 0.220 e. The van der Waals surface area contributed by atoms with Gasteiger partial charge in [0.15, 0.2) is 11.6 Å². The Bertz CT molecular complexity index is 1720. The first-order valence-electron chi connectivity index (χ1n) is 16.6. The molecule has 0 bridgehead atoms. The third-order valence-electron chi connectivity index (χ3n) is 10.5. The van der Waals surface area contributed by atoms with Crippen molar-refractivity contribution in [2.24, 2.45) is 11.3 Å². The average molecular weight is 680 g/mol. The first-order chi connectivity index (χ1) is 22.9. The maximum atomic E-state index is 13.9. The molecule has 0 radical (unpaired) electrons. The summed E-state index contributed by atoms with van der Waals surface area (Å²) in [5, 5.41) is 47.8. The lowest BCUT2D eigenvalue weighted by Crippen LogP contribution is -2.51. The van der Waals surface area contributed by atoms with Crippen LogP contribution in [0, 0.1) is 11.3 Å². The molecule has 1 heterocycles. The second kappa shape index (κ2) is 13.3. The molecule has 0 aromatic heterocycles. The van der Waals surface area contributed by atoms with E-state index in [1.54, 1.807) is 20.8 Å². The summed E-state index contributed by atoms with van der Waals surface area (Å²) in [6.45, 7) is 8.21. The van der Waals surface area contributed by atoms with E-state index in [1.165, 1.54) is 25.3 Å². The Kier molecular flexibility index (Phi) is 9.81. The van der Waals surface area contributed by atoms with Crippen molar-refractivity contribution in [1.82, 2.24) is 5.32 Å². The van der Waals surface area contributed by atoms with Crippen molar-refractivity contribution >= 4 is 29.0 Å². The van der Waals surface area contributed by atoms with Crippen LogP contribution in [-0.4, -0.2) is 87.0 Å². The SMILES string of the molecule is COc1cccc2c1C(=O)c1c(O)c3c(c(O)c1C2=O)C[C@@](O)(C(=O)CO)C[C@@H]3CC1C[C@H](NC(=O)CCC(=O)C(C)(C)C)[C@H](C)[C@H](C)O1. The number of nitrogens with one attached hydrogen (secondary N) is 1. The van der Waals surface area contributed by atoms with Crippen molar-refractivity contribution in [2.45, 2.75) is 103 Å². The van der Waals surface area contributed by atoms with E-state index in [2.05, 4.69) is 5.32 Å². The number of hydrogen-bond donors (Lipinski definition) is 5. The zero-order valence-electron chi connectivity index (χ0n) is 28.7. The molecule has 6 atom stereocenters. The number of carbonyl (C=O) groups excluding carboxylic acids is 5. The van der Waals surface area contributed by atoms with Crippen LogP contribution >= 0.6 is 0 Å². The summed E-state index contributed by atoms with van der Waals surface area (Å²) in [6, 6.07) is 4.09. The summed E-state index contributed by atoms with van der Waals surface area (Å²) >= 11 is 0. The van der Waals surface area contributed by atoms with Gasteiger partial charge in [0, 0.05) is 53.3 Å². The Balaban J connectivity index is 1.51. The third-order valence-corrected chi connectivity index (χ3v) is 10.5. The number of phenolic OH excluding ortho intramolecular Hbond substituents is 2. The Morgan fingerprint density at radius 2 is 1.69 bits per heavy atom. The number of Topliss-reactive ketones (excluding diaryl/α,β-unsaturated/α-hetero) is 2. The Labute approximate surface area is 284 Å². The zero-order valence-corrected chi connectivity index (χ0v) is 28.7. The fourth-order valence-electron chi connectivity index (χ4n) is 7.52. The number of aromatic hydroxyl groups is 2. The lowest BCUT2D eigenvalue weighted by atomic mass is 9.67. The molecule has 2 aliphatic carbocycles. The molecule has 2 aromatic carbocycles. The maximum absolute atomic E-state index is 13.9. The van der Waals surface area contributed by atoms with E-state index in [0.29, 0.717) is 6.42 Å².